The zero-order chi connectivity index (χ0) is 13.6. The van der Waals surface area contributed by atoms with Crippen LogP contribution in [0.1, 0.15) is 5.56 Å². The van der Waals surface area contributed by atoms with E-state index < -0.39 is 12.8 Å². The molecule has 0 aromatic heterocycles. The number of hydrogen-bond acceptors (Lipinski definition) is 2. The molecule has 18 heavy (non-hydrogen) atoms. The summed E-state index contributed by atoms with van der Waals surface area (Å²) in [6, 6.07) is 4.63. The van der Waals surface area contributed by atoms with Gasteiger partial charge >= 0.3 is 6.18 Å². The van der Waals surface area contributed by atoms with Crippen molar-refractivity contribution in [1.82, 2.24) is 5.32 Å². The summed E-state index contributed by atoms with van der Waals surface area (Å²) < 4.78 is 53.5. The zero-order valence-corrected chi connectivity index (χ0v) is 10.9. The summed E-state index contributed by atoms with van der Waals surface area (Å²) in [6.07, 6.45) is -4.31. The molecule has 0 saturated carbocycles. The van der Waals surface area contributed by atoms with Gasteiger partial charge in [0.1, 0.15) is 12.4 Å². The number of benzene rings is 1. The predicted octanol–water partition coefficient (Wildman–Crippen LogP) is 3.26. The van der Waals surface area contributed by atoms with E-state index in [-0.39, 0.29) is 25.5 Å². The minimum absolute atomic E-state index is 0.0718. The SMILES string of the molecule is Fc1cc(Br)ccc1CNCCOCC(F)(F)F. The molecule has 1 aromatic rings. The zero-order valence-electron chi connectivity index (χ0n) is 9.36. The fourth-order valence-corrected chi connectivity index (χ4v) is 1.55. The number of nitrogens with one attached hydrogen (secondary N) is 1. The van der Waals surface area contributed by atoms with E-state index in [4.69, 9.17) is 0 Å². The summed E-state index contributed by atoms with van der Waals surface area (Å²) in [7, 11) is 0. The molecule has 0 bridgehead atoms. The van der Waals surface area contributed by atoms with Crippen molar-refractivity contribution in [3.05, 3.63) is 34.1 Å². The Bertz CT molecular complexity index is 384. The summed E-state index contributed by atoms with van der Waals surface area (Å²) in [5, 5.41) is 2.80. The second-order valence-corrected chi connectivity index (χ2v) is 4.50. The predicted molar refractivity (Wildman–Crippen MR) is 62.7 cm³/mol. The van der Waals surface area contributed by atoms with Gasteiger partial charge in [-0.25, -0.2) is 4.39 Å². The first kappa shape index (κ1) is 15.4. The highest BCUT2D eigenvalue weighted by Gasteiger charge is 2.27. The number of ether oxygens (including phenoxy) is 1. The topological polar surface area (TPSA) is 21.3 Å². The van der Waals surface area contributed by atoms with Gasteiger partial charge in [-0.1, -0.05) is 22.0 Å². The molecule has 7 heteroatoms. The van der Waals surface area contributed by atoms with Crippen LogP contribution in [0.3, 0.4) is 0 Å². The van der Waals surface area contributed by atoms with Crippen LogP contribution in [0.25, 0.3) is 0 Å². The molecule has 0 aliphatic heterocycles. The van der Waals surface area contributed by atoms with Crippen LogP contribution in [0.5, 0.6) is 0 Å². The fraction of sp³-hybridized carbons (Fsp3) is 0.455. The van der Waals surface area contributed by atoms with Gasteiger partial charge in [-0.2, -0.15) is 13.2 Å². The van der Waals surface area contributed by atoms with Gasteiger partial charge < -0.3 is 10.1 Å². The molecule has 0 spiro atoms. The van der Waals surface area contributed by atoms with E-state index >= 15 is 0 Å². The highest BCUT2D eigenvalue weighted by Crippen LogP contribution is 2.15. The Morgan fingerprint density at radius 2 is 2.00 bits per heavy atom. The van der Waals surface area contributed by atoms with E-state index in [0.717, 1.165) is 0 Å². The second-order valence-electron chi connectivity index (χ2n) is 3.58. The Kier molecular flexibility index (Phi) is 6.04. The summed E-state index contributed by atoms with van der Waals surface area (Å²) in [5.74, 6) is -0.368. The smallest absolute Gasteiger partial charge is 0.371 e. The van der Waals surface area contributed by atoms with Crippen LogP contribution in [-0.2, 0) is 11.3 Å². The van der Waals surface area contributed by atoms with Gasteiger partial charge in [0, 0.05) is 23.1 Å². The van der Waals surface area contributed by atoms with E-state index in [1.807, 2.05) is 0 Å². The molecule has 0 heterocycles. The van der Waals surface area contributed by atoms with Crippen LogP contribution in [0.4, 0.5) is 17.6 Å². The molecule has 102 valence electrons. The molecule has 0 aliphatic rings. The normalized spacial score (nSPS) is 11.8. The Morgan fingerprint density at radius 3 is 2.61 bits per heavy atom. The average Bonchev–Trinajstić information content (AvgIpc) is 2.24. The standard InChI is InChI=1S/C11H12BrF4NO/c12-9-2-1-8(10(13)5-9)6-17-3-4-18-7-11(14,15)16/h1-2,5,17H,3-4,6-7H2. The van der Waals surface area contributed by atoms with Crippen LogP contribution in [0, 0.1) is 5.82 Å². The molecular weight excluding hydrogens is 318 g/mol. The minimum atomic E-state index is -4.31. The lowest BCUT2D eigenvalue weighted by Gasteiger charge is -2.09. The van der Waals surface area contributed by atoms with Crippen molar-refractivity contribution in [3.63, 3.8) is 0 Å². The van der Waals surface area contributed by atoms with Crippen molar-refractivity contribution < 1.29 is 22.3 Å². The first-order valence-electron chi connectivity index (χ1n) is 5.17. The average molecular weight is 330 g/mol. The van der Waals surface area contributed by atoms with Gasteiger partial charge in [-0.15, -0.1) is 0 Å². The van der Waals surface area contributed by atoms with E-state index in [1.54, 1.807) is 12.1 Å². The molecule has 2 nitrogen and oxygen atoms in total. The summed E-state index contributed by atoms with van der Waals surface area (Å²) >= 11 is 3.13. The third-order valence-electron chi connectivity index (χ3n) is 2.02. The number of hydrogen-bond donors (Lipinski definition) is 1. The van der Waals surface area contributed by atoms with Gasteiger partial charge in [0.25, 0.3) is 0 Å². The van der Waals surface area contributed by atoms with Crippen molar-refractivity contribution in [2.45, 2.75) is 12.7 Å². The van der Waals surface area contributed by atoms with Crippen molar-refractivity contribution in [2.24, 2.45) is 0 Å². The largest absolute Gasteiger partial charge is 0.411 e. The molecule has 0 amide bonds. The summed E-state index contributed by atoms with van der Waals surface area (Å²) in [5.41, 5.74) is 0.453. The van der Waals surface area contributed by atoms with Crippen LogP contribution in [0.15, 0.2) is 22.7 Å². The highest BCUT2D eigenvalue weighted by molar-refractivity contribution is 9.10. The lowest BCUT2D eigenvalue weighted by Crippen LogP contribution is -2.23. The van der Waals surface area contributed by atoms with Crippen LogP contribution in [-0.4, -0.2) is 25.9 Å². The first-order chi connectivity index (χ1) is 8.38. The van der Waals surface area contributed by atoms with Crippen LogP contribution in [0.2, 0.25) is 0 Å². The number of rotatable bonds is 6. The van der Waals surface area contributed by atoms with E-state index in [9.17, 15) is 17.6 Å². The van der Waals surface area contributed by atoms with Gasteiger partial charge in [-0.3, -0.25) is 0 Å². The summed E-state index contributed by atoms with van der Waals surface area (Å²) in [4.78, 5) is 0. The van der Waals surface area contributed by atoms with Crippen LogP contribution < -0.4 is 5.32 Å². The molecule has 0 radical (unpaired) electrons. The van der Waals surface area contributed by atoms with E-state index in [0.29, 0.717) is 10.0 Å². The Morgan fingerprint density at radius 1 is 1.28 bits per heavy atom. The van der Waals surface area contributed by atoms with Crippen molar-refractivity contribution in [1.29, 1.82) is 0 Å². The second kappa shape index (κ2) is 7.06. The monoisotopic (exact) mass is 329 g/mol. The highest BCUT2D eigenvalue weighted by atomic mass is 79.9. The van der Waals surface area contributed by atoms with E-state index in [2.05, 4.69) is 26.0 Å². The van der Waals surface area contributed by atoms with Gasteiger partial charge in [0.15, 0.2) is 0 Å². The third kappa shape index (κ3) is 6.32. The fourth-order valence-electron chi connectivity index (χ4n) is 1.22. The number of alkyl halides is 3. The maximum absolute atomic E-state index is 13.3. The van der Waals surface area contributed by atoms with Crippen molar-refractivity contribution in [3.8, 4) is 0 Å². The van der Waals surface area contributed by atoms with Gasteiger partial charge in [0.05, 0.1) is 6.61 Å². The first-order valence-corrected chi connectivity index (χ1v) is 5.97. The number of halogens is 5. The molecule has 0 saturated heterocycles. The Labute approximate surface area is 110 Å². The lowest BCUT2D eigenvalue weighted by atomic mass is 10.2. The lowest BCUT2D eigenvalue weighted by molar-refractivity contribution is -0.173. The molecular formula is C11H12BrF4NO. The van der Waals surface area contributed by atoms with Crippen molar-refractivity contribution >= 4 is 15.9 Å². The molecule has 0 unspecified atom stereocenters. The molecule has 1 aromatic carbocycles. The molecule has 0 aliphatic carbocycles. The van der Waals surface area contributed by atoms with Crippen molar-refractivity contribution in [2.75, 3.05) is 19.8 Å². The molecule has 0 atom stereocenters. The van der Waals surface area contributed by atoms with Gasteiger partial charge in [0.2, 0.25) is 0 Å². The summed E-state index contributed by atoms with van der Waals surface area (Å²) in [6.45, 7) is -0.862. The Hall–Kier alpha value is -0.660. The molecule has 0 fully saturated rings. The van der Waals surface area contributed by atoms with Gasteiger partial charge in [-0.05, 0) is 12.1 Å². The third-order valence-corrected chi connectivity index (χ3v) is 2.51. The molecule has 1 N–H and O–H groups in total. The maximum atomic E-state index is 13.3. The maximum Gasteiger partial charge on any atom is 0.411 e. The Balaban J connectivity index is 2.18. The quantitative estimate of drug-likeness (QED) is 0.639. The minimum Gasteiger partial charge on any atom is -0.371 e. The van der Waals surface area contributed by atoms with Crippen LogP contribution >= 0.6 is 15.9 Å². The van der Waals surface area contributed by atoms with E-state index in [1.165, 1.54) is 6.07 Å². The molecule has 1 rings (SSSR count).